The molecule has 4 N–H and O–H groups in total. The first-order valence-electron chi connectivity index (χ1n) is 18.2. The number of carbonyl (C=O) groups is 3. The van der Waals surface area contributed by atoms with Crippen LogP contribution in [0.15, 0.2) is 73.2 Å². The number of nitrogens with zero attached hydrogens (tertiary/aromatic N) is 2. The Labute approximate surface area is 292 Å². The average Bonchev–Trinajstić information content (AvgIpc) is 3.12. The highest BCUT2D eigenvalue weighted by Crippen LogP contribution is 2.17. The monoisotopic (exact) mass is 672 g/mol. The van der Waals surface area contributed by atoms with Crippen molar-refractivity contribution in [2.45, 2.75) is 109 Å². The summed E-state index contributed by atoms with van der Waals surface area (Å²) in [6.07, 6.45) is 19.3. The number of benzene rings is 1. The standard InChI is InChI=1S/C39H56N6O4/c1-2-3-4-5-6-7-8-9-10-12-28-42-36(46)18-15-30-49-35-22-20-34(21-23-35)44-38(39(48)43-29-25-33-17-11-13-27-41-33)45-37(47)24-19-32-16-14-26-40-31-32/h11,13-14,16-17,20-23,26-27,31,38,44H,2-10,12,15,18-19,24-25,28-30H2,1H3,(H,42,46)(H,43,48)(H,45,47). The van der Waals surface area contributed by atoms with Crippen LogP contribution in [0.25, 0.3) is 0 Å². The van der Waals surface area contributed by atoms with Gasteiger partial charge in [-0.05, 0) is 67.3 Å². The Bertz CT molecular complexity index is 1320. The van der Waals surface area contributed by atoms with Crippen molar-refractivity contribution in [3.8, 4) is 5.75 Å². The van der Waals surface area contributed by atoms with Gasteiger partial charge in [-0.3, -0.25) is 24.4 Å². The molecule has 0 saturated carbocycles. The number of aryl methyl sites for hydroxylation is 1. The zero-order valence-electron chi connectivity index (χ0n) is 29.3. The molecule has 1 atom stereocenters. The third kappa shape index (κ3) is 18.0. The summed E-state index contributed by atoms with van der Waals surface area (Å²) in [5.41, 5.74) is 2.46. The molecule has 0 fully saturated rings. The van der Waals surface area contributed by atoms with E-state index in [0.29, 0.717) is 50.3 Å². The Morgan fingerprint density at radius 2 is 1.47 bits per heavy atom. The topological polar surface area (TPSA) is 134 Å². The van der Waals surface area contributed by atoms with Crippen LogP contribution in [0.5, 0.6) is 5.75 Å². The number of aromatic nitrogens is 2. The maximum Gasteiger partial charge on any atom is 0.263 e. The van der Waals surface area contributed by atoms with Gasteiger partial charge in [-0.2, -0.15) is 0 Å². The smallest absolute Gasteiger partial charge is 0.263 e. The lowest BCUT2D eigenvalue weighted by Crippen LogP contribution is -2.51. The van der Waals surface area contributed by atoms with Crippen LogP contribution in [0.3, 0.4) is 0 Å². The summed E-state index contributed by atoms with van der Waals surface area (Å²) in [5, 5.41) is 11.9. The minimum absolute atomic E-state index is 0.0610. The minimum Gasteiger partial charge on any atom is -0.494 e. The van der Waals surface area contributed by atoms with E-state index in [1.807, 2.05) is 30.3 Å². The van der Waals surface area contributed by atoms with E-state index in [9.17, 15) is 14.4 Å². The molecule has 1 aromatic carbocycles. The first-order valence-corrected chi connectivity index (χ1v) is 18.2. The SMILES string of the molecule is CCCCCCCCCCCCNC(=O)CCCOc1ccc(NC(NC(=O)CCc2cccnc2)C(=O)NCCc2ccccn2)cc1. The fraction of sp³-hybridized carbons (Fsp3) is 0.513. The molecule has 49 heavy (non-hydrogen) atoms. The quantitative estimate of drug-likeness (QED) is 0.0564. The van der Waals surface area contributed by atoms with Crippen LogP contribution in [0.2, 0.25) is 0 Å². The summed E-state index contributed by atoms with van der Waals surface area (Å²) in [6.45, 7) is 3.79. The normalized spacial score (nSPS) is 11.4. The van der Waals surface area contributed by atoms with Crippen LogP contribution < -0.4 is 26.0 Å². The molecule has 0 aliphatic heterocycles. The van der Waals surface area contributed by atoms with Gasteiger partial charge in [0, 0.05) is 62.3 Å². The number of amides is 3. The lowest BCUT2D eigenvalue weighted by Gasteiger charge is -2.21. The molecule has 3 amide bonds. The lowest BCUT2D eigenvalue weighted by atomic mass is 10.1. The van der Waals surface area contributed by atoms with Gasteiger partial charge >= 0.3 is 0 Å². The van der Waals surface area contributed by atoms with Gasteiger partial charge in [0.05, 0.1) is 6.61 Å². The molecule has 2 heterocycles. The largest absolute Gasteiger partial charge is 0.494 e. The van der Waals surface area contributed by atoms with Crippen LogP contribution in [-0.4, -0.2) is 53.6 Å². The summed E-state index contributed by atoms with van der Waals surface area (Å²) in [7, 11) is 0. The van der Waals surface area contributed by atoms with Crippen LogP contribution in [0, 0.1) is 0 Å². The van der Waals surface area contributed by atoms with Crippen molar-refractivity contribution in [3.05, 3.63) is 84.4 Å². The van der Waals surface area contributed by atoms with Crippen LogP contribution in [-0.2, 0) is 27.2 Å². The number of hydrogen-bond acceptors (Lipinski definition) is 7. The number of pyridine rings is 2. The zero-order valence-corrected chi connectivity index (χ0v) is 29.3. The van der Waals surface area contributed by atoms with Crippen molar-refractivity contribution in [1.29, 1.82) is 0 Å². The van der Waals surface area contributed by atoms with Crippen molar-refractivity contribution in [2.24, 2.45) is 0 Å². The maximum atomic E-state index is 13.1. The second kappa shape index (κ2) is 24.6. The number of nitrogens with one attached hydrogen (secondary N) is 4. The van der Waals surface area contributed by atoms with E-state index in [-0.39, 0.29) is 24.1 Å². The number of ether oxygens (including phenoxy) is 1. The Morgan fingerprint density at radius 1 is 0.714 bits per heavy atom. The molecule has 0 radical (unpaired) electrons. The van der Waals surface area contributed by atoms with Gasteiger partial charge in [-0.1, -0.05) is 76.8 Å². The number of unbranched alkanes of at least 4 members (excludes halogenated alkanes) is 9. The Balaban J connectivity index is 1.35. The predicted octanol–water partition coefficient (Wildman–Crippen LogP) is 6.52. The minimum atomic E-state index is -0.976. The first kappa shape index (κ1) is 39.0. The summed E-state index contributed by atoms with van der Waals surface area (Å²) >= 11 is 0. The van der Waals surface area contributed by atoms with E-state index < -0.39 is 6.17 Å². The second-order valence-corrected chi connectivity index (χ2v) is 12.4. The molecular formula is C39H56N6O4. The third-order valence-corrected chi connectivity index (χ3v) is 8.17. The zero-order chi connectivity index (χ0) is 34.8. The molecule has 3 aromatic rings. The highest BCUT2D eigenvalue weighted by molar-refractivity contribution is 5.89. The van der Waals surface area contributed by atoms with Gasteiger partial charge < -0.3 is 26.0 Å². The molecule has 0 spiro atoms. The molecule has 10 nitrogen and oxygen atoms in total. The second-order valence-electron chi connectivity index (χ2n) is 12.4. The van der Waals surface area contributed by atoms with Crippen molar-refractivity contribution in [1.82, 2.24) is 25.9 Å². The van der Waals surface area contributed by atoms with Crippen molar-refractivity contribution < 1.29 is 19.1 Å². The van der Waals surface area contributed by atoms with Gasteiger partial charge in [0.1, 0.15) is 5.75 Å². The molecule has 1 unspecified atom stereocenters. The maximum absolute atomic E-state index is 13.1. The van der Waals surface area contributed by atoms with Crippen LogP contribution >= 0.6 is 0 Å². The molecular weight excluding hydrogens is 616 g/mol. The van der Waals surface area contributed by atoms with Crippen molar-refractivity contribution >= 4 is 23.4 Å². The van der Waals surface area contributed by atoms with Gasteiger partial charge in [0.25, 0.3) is 5.91 Å². The van der Waals surface area contributed by atoms with E-state index in [1.54, 1.807) is 42.9 Å². The highest BCUT2D eigenvalue weighted by atomic mass is 16.5. The molecule has 0 aliphatic carbocycles. The third-order valence-electron chi connectivity index (χ3n) is 8.17. The number of anilines is 1. The van der Waals surface area contributed by atoms with E-state index in [2.05, 4.69) is 38.2 Å². The lowest BCUT2D eigenvalue weighted by molar-refractivity contribution is -0.128. The van der Waals surface area contributed by atoms with E-state index in [1.165, 1.54) is 57.8 Å². The number of carbonyl (C=O) groups excluding carboxylic acids is 3. The Kier molecular flexibility index (Phi) is 19.6. The summed E-state index contributed by atoms with van der Waals surface area (Å²) in [5.74, 6) is 0.116. The van der Waals surface area contributed by atoms with Crippen LogP contribution in [0.1, 0.15) is 102 Å². The van der Waals surface area contributed by atoms with Gasteiger partial charge in [-0.15, -0.1) is 0 Å². The summed E-state index contributed by atoms with van der Waals surface area (Å²) in [4.78, 5) is 46.5. The van der Waals surface area contributed by atoms with Gasteiger partial charge in [-0.25, -0.2) is 0 Å². The van der Waals surface area contributed by atoms with Crippen molar-refractivity contribution in [3.63, 3.8) is 0 Å². The van der Waals surface area contributed by atoms with E-state index >= 15 is 0 Å². The molecule has 10 heteroatoms. The molecule has 0 saturated heterocycles. The fourth-order valence-electron chi connectivity index (χ4n) is 5.33. The Morgan fingerprint density at radius 3 is 2.16 bits per heavy atom. The molecule has 3 rings (SSSR count). The summed E-state index contributed by atoms with van der Waals surface area (Å²) < 4.78 is 5.84. The first-order chi connectivity index (χ1) is 24.0. The van der Waals surface area contributed by atoms with Gasteiger partial charge in [0.15, 0.2) is 6.17 Å². The van der Waals surface area contributed by atoms with Gasteiger partial charge in [0.2, 0.25) is 11.8 Å². The van der Waals surface area contributed by atoms with Crippen LogP contribution in [0.4, 0.5) is 5.69 Å². The summed E-state index contributed by atoms with van der Waals surface area (Å²) in [6, 6.07) is 16.6. The predicted molar refractivity (Wildman–Crippen MR) is 195 cm³/mol. The Hall–Kier alpha value is -4.47. The fourth-order valence-corrected chi connectivity index (χ4v) is 5.33. The van der Waals surface area contributed by atoms with E-state index in [0.717, 1.165) is 24.2 Å². The molecule has 0 aliphatic rings. The molecule has 266 valence electrons. The molecule has 2 aromatic heterocycles. The highest BCUT2D eigenvalue weighted by Gasteiger charge is 2.20. The average molecular weight is 673 g/mol. The molecule has 0 bridgehead atoms. The number of rotatable bonds is 26. The van der Waals surface area contributed by atoms with E-state index in [4.69, 9.17) is 4.74 Å². The van der Waals surface area contributed by atoms with Crippen molar-refractivity contribution in [2.75, 3.05) is 25.0 Å². The number of hydrogen-bond donors (Lipinski definition) is 4.